The van der Waals surface area contributed by atoms with Crippen LogP contribution in [0, 0.1) is 0 Å². The number of imidazole rings is 1. The highest BCUT2D eigenvalue weighted by Gasteiger charge is 2.04. The average Bonchev–Trinajstić information content (AvgIpc) is 2.67. The fourth-order valence-corrected chi connectivity index (χ4v) is 2.29. The summed E-state index contributed by atoms with van der Waals surface area (Å²) in [5.74, 6) is 0.939. The van der Waals surface area contributed by atoms with E-state index >= 15 is 0 Å². The molecule has 3 nitrogen and oxygen atoms in total. The molecule has 1 aromatic carbocycles. The van der Waals surface area contributed by atoms with Crippen molar-refractivity contribution >= 4 is 15.9 Å². The number of benzene rings is 1. The predicted octanol–water partition coefficient (Wildman–Crippen LogP) is 2.43. The summed E-state index contributed by atoms with van der Waals surface area (Å²) in [7, 11) is 1.98. The molecule has 0 spiro atoms. The van der Waals surface area contributed by atoms with Gasteiger partial charge in [-0.25, -0.2) is 4.98 Å². The molecule has 2 rings (SSSR count). The van der Waals surface area contributed by atoms with Gasteiger partial charge >= 0.3 is 0 Å². The Kier molecular flexibility index (Phi) is 3.97. The molecule has 0 aliphatic rings. The van der Waals surface area contributed by atoms with Crippen molar-refractivity contribution in [3.63, 3.8) is 0 Å². The average molecular weight is 294 g/mol. The standard InChI is InChI=1S/C13H16BrN3/c1-17-9-12(16-13(17)8-15)6-5-10-3-2-4-11(14)7-10/h2-4,7,9H,5-6,8,15H2,1H3. The van der Waals surface area contributed by atoms with Crippen LogP contribution in [0.25, 0.3) is 0 Å². The Balaban J connectivity index is 2.02. The minimum atomic E-state index is 0.493. The lowest BCUT2D eigenvalue weighted by Crippen LogP contribution is -2.03. The smallest absolute Gasteiger partial charge is 0.122 e. The lowest BCUT2D eigenvalue weighted by atomic mass is 10.1. The molecule has 0 saturated carbocycles. The first kappa shape index (κ1) is 12.3. The SMILES string of the molecule is Cn1cc(CCc2cccc(Br)c2)nc1CN. The van der Waals surface area contributed by atoms with Gasteiger partial charge in [0, 0.05) is 17.7 Å². The van der Waals surface area contributed by atoms with Crippen LogP contribution in [0.2, 0.25) is 0 Å². The van der Waals surface area contributed by atoms with Crippen LogP contribution in [0.1, 0.15) is 17.1 Å². The van der Waals surface area contributed by atoms with E-state index in [9.17, 15) is 0 Å². The second kappa shape index (κ2) is 5.47. The van der Waals surface area contributed by atoms with Crippen LogP contribution in [-0.2, 0) is 26.4 Å². The zero-order valence-electron chi connectivity index (χ0n) is 9.86. The number of rotatable bonds is 4. The third-order valence-corrected chi connectivity index (χ3v) is 3.26. The topological polar surface area (TPSA) is 43.8 Å². The molecule has 0 aliphatic carbocycles. The van der Waals surface area contributed by atoms with E-state index in [1.807, 2.05) is 17.7 Å². The molecule has 2 N–H and O–H groups in total. The Morgan fingerprint density at radius 2 is 2.18 bits per heavy atom. The van der Waals surface area contributed by atoms with Crippen LogP contribution >= 0.6 is 15.9 Å². The summed E-state index contributed by atoms with van der Waals surface area (Å²) in [5, 5.41) is 0. The van der Waals surface area contributed by atoms with E-state index < -0.39 is 0 Å². The molecular formula is C13H16BrN3. The quantitative estimate of drug-likeness (QED) is 0.941. The molecule has 0 aliphatic heterocycles. The first-order chi connectivity index (χ1) is 8.19. The van der Waals surface area contributed by atoms with Gasteiger partial charge in [-0.05, 0) is 30.5 Å². The van der Waals surface area contributed by atoms with Crippen LogP contribution in [0.15, 0.2) is 34.9 Å². The first-order valence-corrected chi connectivity index (χ1v) is 6.44. The van der Waals surface area contributed by atoms with E-state index in [4.69, 9.17) is 5.73 Å². The van der Waals surface area contributed by atoms with Crippen LogP contribution in [0.5, 0.6) is 0 Å². The second-order valence-electron chi connectivity index (χ2n) is 4.09. The van der Waals surface area contributed by atoms with Gasteiger partial charge in [0.15, 0.2) is 0 Å². The van der Waals surface area contributed by atoms with Crippen molar-refractivity contribution in [3.8, 4) is 0 Å². The molecule has 0 atom stereocenters. The highest BCUT2D eigenvalue weighted by molar-refractivity contribution is 9.10. The Morgan fingerprint density at radius 3 is 2.82 bits per heavy atom. The highest BCUT2D eigenvalue weighted by Crippen LogP contribution is 2.13. The van der Waals surface area contributed by atoms with Crippen molar-refractivity contribution in [3.05, 3.63) is 52.0 Å². The second-order valence-corrected chi connectivity index (χ2v) is 5.01. The molecule has 0 amide bonds. The molecule has 1 aromatic heterocycles. The van der Waals surface area contributed by atoms with Crippen LogP contribution in [0.3, 0.4) is 0 Å². The minimum absolute atomic E-state index is 0.493. The number of aromatic nitrogens is 2. The van der Waals surface area contributed by atoms with Crippen molar-refractivity contribution in [1.29, 1.82) is 0 Å². The van der Waals surface area contributed by atoms with Gasteiger partial charge in [0.2, 0.25) is 0 Å². The van der Waals surface area contributed by atoms with Gasteiger partial charge in [-0.1, -0.05) is 28.1 Å². The van der Waals surface area contributed by atoms with Gasteiger partial charge < -0.3 is 10.3 Å². The number of hydrogen-bond donors (Lipinski definition) is 1. The molecule has 0 unspecified atom stereocenters. The monoisotopic (exact) mass is 293 g/mol. The van der Waals surface area contributed by atoms with Crippen LogP contribution < -0.4 is 5.73 Å². The molecule has 0 saturated heterocycles. The summed E-state index contributed by atoms with van der Waals surface area (Å²) < 4.78 is 3.12. The van der Waals surface area contributed by atoms with Crippen molar-refractivity contribution in [2.75, 3.05) is 0 Å². The largest absolute Gasteiger partial charge is 0.337 e. The molecule has 0 radical (unpaired) electrons. The van der Waals surface area contributed by atoms with E-state index in [-0.39, 0.29) is 0 Å². The molecule has 0 bridgehead atoms. The van der Waals surface area contributed by atoms with Gasteiger partial charge in [0.1, 0.15) is 5.82 Å². The van der Waals surface area contributed by atoms with Crippen molar-refractivity contribution in [1.82, 2.24) is 9.55 Å². The van der Waals surface area contributed by atoms with E-state index in [1.165, 1.54) is 5.56 Å². The zero-order valence-corrected chi connectivity index (χ0v) is 11.4. The maximum atomic E-state index is 5.60. The maximum absolute atomic E-state index is 5.60. The van der Waals surface area contributed by atoms with E-state index in [2.05, 4.69) is 45.3 Å². The van der Waals surface area contributed by atoms with Crippen LogP contribution in [0.4, 0.5) is 0 Å². The molecule has 1 heterocycles. The summed E-state index contributed by atoms with van der Waals surface area (Å²) in [4.78, 5) is 4.49. The molecule has 0 fully saturated rings. The lowest BCUT2D eigenvalue weighted by Gasteiger charge is -1.99. The van der Waals surface area contributed by atoms with Gasteiger partial charge in [-0.2, -0.15) is 0 Å². The normalized spacial score (nSPS) is 10.8. The Hall–Kier alpha value is -1.13. The predicted molar refractivity (Wildman–Crippen MR) is 72.6 cm³/mol. The van der Waals surface area contributed by atoms with Crippen LogP contribution in [-0.4, -0.2) is 9.55 Å². The molecule has 4 heteroatoms. The highest BCUT2D eigenvalue weighted by atomic mass is 79.9. The fourth-order valence-electron chi connectivity index (χ4n) is 1.85. The summed E-state index contributed by atoms with van der Waals surface area (Å²) in [6.45, 7) is 0.493. The number of nitrogens with two attached hydrogens (primary N) is 1. The van der Waals surface area contributed by atoms with Gasteiger partial charge in [0.05, 0.1) is 12.2 Å². The summed E-state index contributed by atoms with van der Waals surface area (Å²) >= 11 is 3.48. The third-order valence-electron chi connectivity index (χ3n) is 2.76. The van der Waals surface area contributed by atoms with Crippen molar-refractivity contribution in [2.45, 2.75) is 19.4 Å². The van der Waals surface area contributed by atoms with Gasteiger partial charge in [-0.15, -0.1) is 0 Å². The first-order valence-electron chi connectivity index (χ1n) is 5.64. The molecule has 2 aromatic rings. The summed E-state index contributed by atoms with van der Waals surface area (Å²) in [6.07, 6.45) is 4.00. The molecule has 17 heavy (non-hydrogen) atoms. The van der Waals surface area contributed by atoms with E-state index in [1.54, 1.807) is 0 Å². The maximum Gasteiger partial charge on any atom is 0.122 e. The Labute approximate surface area is 110 Å². The molecule has 90 valence electrons. The number of halogens is 1. The third kappa shape index (κ3) is 3.17. The summed E-state index contributed by atoms with van der Waals surface area (Å²) in [6, 6.07) is 8.38. The Bertz CT molecular complexity index is 505. The molecular weight excluding hydrogens is 278 g/mol. The number of aryl methyl sites for hydroxylation is 3. The van der Waals surface area contributed by atoms with E-state index in [0.717, 1.165) is 28.8 Å². The fraction of sp³-hybridized carbons (Fsp3) is 0.308. The van der Waals surface area contributed by atoms with E-state index in [0.29, 0.717) is 6.54 Å². The minimum Gasteiger partial charge on any atom is -0.337 e. The van der Waals surface area contributed by atoms with Crippen molar-refractivity contribution in [2.24, 2.45) is 12.8 Å². The van der Waals surface area contributed by atoms with Gasteiger partial charge in [0.25, 0.3) is 0 Å². The summed E-state index contributed by atoms with van der Waals surface area (Å²) in [5.41, 5.74) is 8.02. The van der Waals surface area contributed by atoms with Gasteiger partial charge in [-0.3, -0.25) is 0 Å². The van der Waals surface area contributed by atoms with Crippen molar-refractivity contribution < 1.29 is 0 Å². The number of hydrogen-bond acceptors (Lipinski definition) is 2. The Morgan fingerprint density at radius 1 is 1.35 bits per heavy atom. The lowest BCUT2D eigenvalue weighted by molar-refractivity contribution is 0.793. The number of nitrogens with zero attached hydrogens (tertiary/aromatic N) is 2. The zero-order chi connectivity index (χ0) is 12.3.